The fourth-order valence-corrected chi connectivity index (χ4v) is 1.12. The summed E-state index contributed by atoms with van der Waals surface area (Å²) < 4.78 is 31.9. The van der Waals surface area contributed by atoms with Gasteiger partial charge in [-0.3, -0.25) is 4.55 Å². The first-order valence-electron chi connectivity index (χ1n) is 5.20. The first kappa shape index (κ1) is 17.2. The van der Waals surface area contributed by atoms with E-state index in [4.69, 9.17) is 4.55 Å². The summed E-state index contributed by atoms with van der Waals surface area (Å²) in [6.45, 7) is 11.9. The molecule has 0 rings (SSSR count). The smallest absolute Gasteiger partial charge is 0.327 e. The van der Waals surface area contributed by atoms with Crippen molar-refractivity contribution in [2.45, 2.75) is 27.7 Å². The van der Waals surface area contributed by atoms with Gasteiger partial charge in [0.2, 0.25) is 0 Å². The highest BCUT2D eigenvalue weighted by Gasteiger charge is 2.10. The molecule has 0 aromatic rings. The average molecular weight is 242 g/mol. The molecule has 0 atom stereocenters. The van der Waals surface area contributed by atoms with Crippen LogP contribution < -0.4 is 0 Å². The van der Waals surface area contributed by atoms with E-state index >= 15 is 0 Å². The van der Waals surface area contributed by atoms with Crippen molar-refractivity contribution >= 4 is 10.4 Å². The maximum absolute atomic E-state index is 9.56. The van der Waals surface area contributed by atoms with E-state index in [-0.39, 0.29) is 6.61 Å². The zero-order valence-corrected chi connectivity index (χ0v) is 11.2. The van der Waals surface area contributed by atoms with E-state index in [1.54, 1.807) is 0 Å². The van der Waals surface area contributed by atoms with Gasteiger partial charge in [-0.2, -0.15) is 8.42 Å². The van der Waals surface area contributed by atoms with Gasteiger partial charge in [0, 0.05) is 0 Å². The molecule has 0 bridgehead atoms. The molecule has 0 radical (unpaired) electrons. The van der Waals surface area contributed by atoms with Gasteiger partial charge in [-0.15, -0.1) is 0 Å². The highest BCUT2D eigenvalue weighted by Crippen LogP contribution is 1.97. The summed E-state index contributed by atoms with van der Waals surface area (Å²) in [6.07, 6.45) is 0. The maximum Gasteiger partial charge on any atom is 0.397 e. The summed E-state index contributed by atoms with van der Waals surface area (Å²) in [5.41, 5.74) is 0. The zero-order valence-electron chi connectivity index (χ0n) is 10.4. The molecule has 0 spiro atoms. The predicted octanol–water partition coefficient (Wildman–Crippen LogP) is 1.32. The van der Waals surface area contributed by atoms with Gasteiger partial charge < -0.3 is 4.48 Å². The minimum atomic E-state index is -4.17. The molecule has 0 aromatic carbocycles. The summed E-state index contributed by atoms with van der Waals surface area (Å²) >= 11 is 0. The van der Waals surface area contributed by atoms with Crippen LogP contribution in [0.5, 0.6) is 0 Å². The lowest BCUT2D eigenvalue weighted by molar-refractivity contribution is -0.904. The summed E-state index contributed by atoms with van der Waals surface area (Å²) in [5, 5.41) is 0. The van der Waals surface area contributed by atoms with E-state index < -0.39 is 10.4 Å². The topological polar surface area (TPSA) is 63.6 Å². The molecule has 6 heteroatoms. The number of rotatable bonds is 5. The molecule has 0 aliphatic heterocycles. The number of hydrogen-bond acceptors (Lipinski definition) is 3. The van der Waals surface area contributed by atoms with Crippen LogP contribution in [-0.2, 0) is 14.6 Å². The van der Waals surface area contributed by atoms with Crippen LogP contribution in [0.2, 0.25) is 0 Å². The Kier molecular flexibility index (Phi) is 9.23. The molecule has 94 valence electrons. The Bertz CT molecular complexity index is 226. The van der Waals surface area contributed by atoms with Crippen LogP contribution in [0.4, 0.5) is 0 Å². The van der Waals surface area contributed by atoms with Crippen LogP contribution >= 0.6 is 0 Å². The van der Waals surface area contributed by atoms with E-state index in [1.807, 2.05) is 0 Å². The van der Waals surface area contributed by atoms with Gasteiger partial charge in [0.25, 0.3) is 0 Å². The molecule has 0 heterocycles. The molecule has 0 aliphatic carbocycles. The quantitative estimate of drug-likeness (QED) is 0.583. The van der Waals surface area contributed by atoms with Crippen LogP contribution in [0.3, 0.4) is 0 Å². The molecule has 0 aromatic heterocycles. The molecule has 0 fully saturated rings. The predicted molar refractivity (Wildman–Crippen MR) is 61.0 cm³/mol. The summed E-state index contributed by atoms with van der Waals surface area (Å²) in [4.78, 5) is 0. The Labute approximate surface area is 93.6 Å². The van der Waals surface area contributed by atoms with Crippen molar-refractivity contribution in [3.63, 3.8) is 0 Å². The summed E-state index contributed by atoms with van der Waals surface area (Å²) in [6, 6.07) is 0. The van der Waals surface area contributed by atoms with E-state index in [9.17, 15) is 8.42 Å². The maximum atomic E-state index is 9.56. The first-order chi connectivity index (χ1) is 6.74. The molecule has 0 amide bonds. The first-order valence-corrected chi connectivity index (χ1v) is 6.56. The molecule has 15 heavy (non-hydrogen) atoms. The molecular formula is C9H24NO4S+. The minimum Gasteiger partial charge on any atom is -0.327 e. The number of hydrogen-bond donors (Lipinski definition) is 1. The lowest BCUT2D eigenvalue weighted by atomic mass is 10.4. The van der Waals surface area contributed by atoms with Gasteiger partial charge in [0.15, 0.2) is 0 Å². The van der Waals surface area contributed by atoms with Crippen molar-refractivity contribution in [3.8, 4) is 0 Å². The third kappa shape index (κ3) is 11.8. The number of quaternary nitrogens is 1. The minimum absolute atomic E-state index is 0.0289. The third-order valence-corrected chi connectivity index (χ3v) is 3.09. The van der Waals surface area contributed by atoms with Crippen molar-refractivity contribution in [3.05, 3.63) is 0 Å². The molecular weight excluding hydrogens is 218 g/mol. The summed E-state index contributed by atoms with van der Waals surface area (Å²) in [5.74, 6) is 0. The Morgan fingerprint density at radius 3 is 1.40 bits per heavy atom. The van der Waals surface area contributed by atoms with Crippen molar-refractivity contribution in [1.29, 1.82) is 0 Å². The molecule has 5 nitrogen and oxygen atoms in total. The van der Waals surface area contributed by atoms with Crippen LogP contribution in [0.15, 0.2) is 0 Å². The van der Waals surface area contributed by atoms with Gasteiger partial charge >= 0.3 is 10.4 Å². The molecule has 1 N–H and O–H groups in total. The van der Waals surface area contributed by atoms with Crippen molar-refractivity contribution in [2.75, 3.05) is 33.3 Å². The Morgan fingerprint density at radius 2 is 1.40 bits per heavy atom. The second-order valence-electron chi connectivity index (χ2n) is 3.40. The second kappa shape index (κ2) is 8.04. The largest absolute Gasteiger partial charge is 0.397 e. The monoisotopic (exact) mass is 242 g/mol. The van der Waals surface area contributed by atoms with Crippen molar-refractivity contribution in [2.24, 2.45) is 0 Å². The van der Waals surface area contributed by atoms with Gasteiger partial charge in [0.1, 0.15) is 0 Å². The zero-order chi connectivity index (χ0) is 12.5. The van der Waals surface area contributed by atoms with Gasteiger partial charge in [-0.1, -0.05) is 0 Å². The van der Waals surface area contributed by atoms with Gasteiger partial charge in [-0.25, -0.2) is 4.18 Å². The standard InChI is InChI=1S/C7H18N.C2H6O4S/c1-5-8(4,6-2)7-3;1-2-6-7(3,4)5/h5-7H2,1-4H3;2H2,1H3,(H,3,4,5)/q+1;. The van der Waals surface area contributed by atoms with E-state index in [0.717, 1.165) is 0 Å². The molecule has 0 saturated carbocycles. The van der Waals surface area contributed by atoms with E-state index in [2.05, 4.69) is 32.0 Å². The van der Waals surface area contributed by atoms with Crippen LogP contribution in [-0.4, -0.2) is 50.7 Å². The average Bonchev–Trinajstić information content (AvgIpc) is 2.16. The van der Waals surface area contributed by atoms with E-state index in [1.165, 1.54) is 31.0 Å². The molecule has 0 unspecified atom stereocenters. The van der Waals surface area contributed by atoms with Gasteiger partial charge in [-0.05, 0) is 27.7 Å². The van der Waals surface area contributed by atoms with Crippen LogP contribution in [0, 0.1) is 0 Å². The Morgan fingerprint density at radius 1 is 1.07 bits per heavy atom. The van der Waals surface area contributed by atoms with Crippen molar-refractivity contribution < 1.29 is 21.6 Å². The highest BCUT2D eigenvalue weighted by atomic mass is 32.3. The molecule has 0 aliphatic rings. The summed E-state index contributed by atoms with van der Waals surface area (Å²) in [7, 11) is -1.88. The normalized spacial score (nSPS) is 11.9. The fraction of sp³-hybridized carbons (Fsp3) is 1.00. The fourth-order valence-electron chi connectivity index (χ4n) is 0.820. The number of nitrogens with zero attached hydrogens (tertiary/aromatic N) is 1. The second-order valence-corrected chi connectivity index (χ2v) is 4.49. The lowest BCUT2D eigenvalue weighted by Gasteiger charge is -2.30. The molecule has 0 saturated heterocycles. The SMILES string of the molecule is CCOS(=O)(=O)O.CC[N+](C)(CC)CC. The third-order valence-electron chi connectivity index (χ3n) is 2.56. The van der Waals surface area contributed by atoms with Crippen LogP contribution in [0.25, 0.3) is 0 Å². The highest BCUT2D eigenvalue weighted by molar-refractivity contribution is 7.80. The van der Waals surface area contributed by atoms with Crippen molar-refractivity contribution in [1.82, 2.24) is 0 Å². The lowest BCUT2D eigenvalue weighted by Crippen LogP contribution is -2.42. The Balaban J connectivity index is 0. The van der Waals surface area contributed by atoms with Gasteiger partial charge in [0.05, 0.1) is 33.3 Å². The van der Waals surface area contributed by atoms with E-state index in [0.29, 0.717) is 0 Å². The Hall–Kier alpha value is -0.170. The van der Waals surface area contributed by atoms with Crippen LogP contribution in [0.1, 0.15) is 27.7 Å².